The van der Waals surface area contributed by atoms with Crippen molar-refractivity contribution in [1.82, 2.24) is 15.4 Å². The van der Waals surface area contributed by atoms with Crippen LogP contribution in [0, 0.1) is 6.92 Å². The van der Waals surface area contributed by atoms with Gasteiger partial charge in [0.25, 0.3) is 5.91 Å². The maximum atomic E-state index is 12.4. The van der Waals surface area contributed by atoms with E-state index >= 15 is 0 Å². The van der Waals surface area contributed by atoms with E-state index in [1.807, 2.05) is 38.1 Å². The van der Waals surface area contributed by atoms with E-state index in [2.05, 4.69) is 21.1 Å². The van der Waals surface area contributed by atoms with Crippen LogP contribution in [0.2, 0.25) is 0 Å². The second-order valence-electron chi connectivity index (χ2n) is 8.22. The zero-order valence-electron chi connectivity index (χ0n) is 23.4. The molecule has 0 radical (unpaired) electrons. The summed E-state index contributed by atoms with van der Waals surface area (Å²) in [5, 5.41) is 15.5. The van der Waals surface area contributed by atoms with Crippen LogP contribution >= 0.6 is 0 Å². The summed E-state index contributed by atoms with van der Waals surface area (Å²) in [5.74, 6) is 5.41. The largest absolute Gasteiger partial charge is 0.497 e. The van der Waals surface area contributed by atoms with E-state index in [1.165, 1.54) is 38.5 Å². The van der Waals surface area contributed by atoms with Crippen molar-refractivity contribution in [1.29, 1.82) is 0 Å². The van der Waals surface area contributed by atoms with Crippen LogP contribution in [-0.2, 0) is 11.3 Å². The lowest BCUT2D eigenvalue weighted by Gasteiger charge is -2.10. The molecule has 38 heavy (non-hydrogen) atoms. The molecule has 1 aromatic heterocycles. The normalized spacial score (nSPS) is 12.2. The number of primary amides is 1. The average molecular weight is 532 g/mol. The molecular formula is C27H45N7O4. The Morgan fingerprint density at radius 2 is 1.63 bits per heavy atom. The summed E-state index contributed by atoms with van der Waals surface area (Å²) in [6.45, 7) is 5.58. The Balaban J connectivity index is 0.000000865. The summed E-state index contributed by atoms with van der Waals surface area (Å²) >= 11 is 0. The van der Waals surface area contributed by atoms with E-state index in [-0.39, 0.29) is 17.4 Å². The van der Waals surface area contributed by atoms with Crippen LogP contribution < -0.4 is 27.4 Å². The van der Waals surface area contributed by atoms with E-state index in [0.717, 1.165) is 16.4 Å². The molecule has 2 amide bonds. The molecule has 0 bridgehead atoms. The number of aromatic nitrogens is 1. The van der Waals surface area contributed by atoms with Gasteiger partial charge in [0, 0.05) is 24.8 Å². The SMILES string of the molecule is C1CCCCC1.CC.COc1cccc(CNC(=O)c2cc(/C(N)=N/N(C)N)cc(C)n2)c1.NC(=O)CO. The number of hydrogen-bond acceptors (Lipinski definition) is 8. The highest BCUT2D eigenvalue weighted by atomic mass is 16.5. The van der Waals surface area contributed by atoms with Gasteiger partial charge in [0.05, 0.1) is 7.11 Å². The first kappa shape index (κ1) is 34.3. The van der Waals surface area contributed by atoms with Crippen LogP contribution in [0.15, 0.2) is 41.5 Å². The third kappa shape index (κ3) is 15.4. The minimum Gasteiger partial charge on any atom is -0.497 e. The van der Waals surface area contributed by atoms with Gasteiger partial charge in [-0.25, -0.2) is 15.9 Å². The predicted octanol–water partition coefficient (Wildman–Crippen LogP) is 2.59. The predicted molar refractivity (Wildman–Crippen MR) is 151 cm³/mol. The van der Waals surface area contributed by atoms with Gasteiger partial charge in [-0.2, -0.15) is 0 Å². The van der Waals surface area contributed by atoms with Crippen LogP contribution in [0.3, 0.4) is 0 Å². The molecule has 0 aliphatic heterocycles. The first-order valence-electron chi connectivity index (χ1n) is 12.8. The number of carbonyl (C=O) groups is 2. The summed E-state index contributed by atoms with van der Waals surface area (Å²) in [6.07, 6.45) is 9.00. The van der Waals surface area contributed by atoms with Gasteiger partial charge in [-0.15, -0.1) is 5.10 Å². The third-order valence-corrected chi connectivity index (χ3v) is 4.99. The fourth-order valence-corrected chi connectivity index (χ4v) is 3.28. The van der Waals surface area contributed by atoms with Crippen molar-refractivity contribution >= 4 is 17.6 Å². The third-order valence-electron chi connectivity index (χ3n) is 4.99. The van der Waals surface area contributed by atoms with Gasteiger partial charge in [0.15, 0.2) is 5.84 Å². The highest BCUT2D eigenvalue weighted by molar-refractivity contribution is 6.00. The molecule has 2 aromatic rings. The number of aliphatic hydroxyl groups excluding tert-OH is 1. The van der Waals surface area contributed by atoms with Crippen molar-refractivity contribution in [3.63, 3.8) is 0 Å². The molecule has 11 nitrogen and oxygen atoms in total. The van der Waals surface area contributed by atoms with E-state index in [1.54, 1.807) is 33.2 Å². The lowest BCUT2D eigenvalue weighted by atomic mass is 10.0. The van der Waals surface area contributed by atoms with Crippen molar-refractivity contribution < 1.29 is 19.4 Å². The van der Waals surface area contributed by atoms with Gasteiger partial charge in [0.2, 0.25) is 5.91 Å². The van der Waals surface area contributed by atoms with Gasteiger partial charge in [-0.3, -0.25) is 9.59 Å². The number of carbonyl (C=O) groups excluding carboxylic acids is 2. The molecule has 1 heterocycles. The minimum atomic E-state index is -0.690. The molecule has 0 unspecified atom stereocenters. The number of rotatable bonds is 7. The summed E-state index contributed by atoms with van der Waals surface area (Å²) in [5.41, 5.74) is 12.7. The number of amidine groups is 1. The molecule has 1 aliphatic rings. The highest BCUT2D eigenvalue weighted by Crippen LogP contribution is 2.15. The molecule has 1 fully saturated rings. The first-order valence-corrected chi connectivity index (χ1v) is 12.8. The number of ether oxygens (including phenoxy) is 1. The van der Waals surface area contributed by atoms with Crippen molar-refractivity contribution in [2.75, 3.05) is 20.8 Å². The van der Waals surface area contributed by atoms with Crippen LogP contribution in [0.4, 0.5) is 0 Å². The summed E-state index contributed by atoms with van der Waals surface area (Å²) in [6, 6.07) is 10.8. The summed E-state index contributed by atoms with van der Waals surface area (Å²) in [7, 11) is 3.16. The maximum absolute atomic E-state index is 12.4. The number of aryl methyl sites for hydroxylation is 1. The number of hydrazone groups is 1. The standard InChI is InChI=1S/C17H22N6O2.C6H12.C2H5NO2.C2H6/c1-11-7-13(16(18)22-23(2)19)9-15(21-11)17(24)20-10-12-5-4-6-14(8-12)25-3;1-2-4-6-5-3-1;3-2(5)1-4;1-2/h4-9H,10,19H2,1-3H3,(H2,18,22)(H,20,24);1-6H2;4H,1H2,(H2,3,5);1-2H3. The summed E-state index contributed by atoms with van der Waals surface area (Å²) in [4.78, 5) is 26.0. The highest BCUT2D eigenvalue weighted by Gasteiger charge is 2.11. The molecule has 11 heteroatoms. The molecule has 0 atom stereocenters. The Labute approximate surface area is 226 Å². The molecule has 1 aliphatic carbocycles. The first-order chi connectivity index (χ1) is 18.2. The molecule has 8 N–H and O–H groups in total. The average Bonchev–Trinajstić information content (AvgIpc) is 2.93. The number of nitrogens with two attached hydrogens (primary N) is 3. The topological polar surface area (TPSA) is 182 Å². The monoisotopic (exact) mass is 531 g/mol. The lowest BCUT2D eigenvalue weighted by molar-refractivity contribution is -0.120. The zero-order valence-corrected chi connectivity index (χ0v) is 23.4. The quantitative estimate of drug-likeness (QED) is 0.156. The van der Waals surface area contributed by atoms with Crippen LogP contribution in [0.25, 0.3) is 0 Å². The number of benzene rings is 1. The number of pyridine rings is 1. The number of aliphatic hydroxyl groups is 1. The Bertz CT molecular complexity index is 982. The molecule has 1 aromatic carbocycles. The van der Waals surface area contributed by atoms with Crippen molar-refractivity contribution in [2.24, 2.45) is 22.4 Å². The van der Waals surface area contributed by atoms with Gasteiger partial charge in [-0.05, 0) is 36.8 Å². The van der Waals surface area contributed by atoms with Crippen LogP contribution in [-0.4, -0.2) is 53.6 Å². The molecule has 212 valence electrons. The maximum Gasteiger partial charge on any atom is 0.270 e. The van der Waals surface area contributed by atoms with E-state index in [9.17, 15) is 9.59 Å². The van der Waals surface area contributed by atoms with Gasteiger partial charge < -0.3 is 26.6 Å². The fraction of sp³-hybridized carbons (Fsp3) is 0.481. The molecule has 1 saturated carbocycles. The number of nitrogens with one attached hydrogen (secondary N) is 1. The summed E-state index contributed by atoms with van der Waals surface area (Å²) < 4.78 is 5.17. The van der Waals surface area contributed by atoms with Crippen LogP contribution in [0.1, 0.15) is 79.7 Å². The number of nitrogens with zero attached hydrogens (tertiary/aromatic N) is 3. The molecular weight excluding hydrogens is 486 g/mol. The number of hydrogen-bond donors (Lipinski definition) is 5. The Hall–Kier alpha value is -3.70. The molecule has 0 spiro atoms. The molecule has 0 saturated heterocycles. The minimum absolute atomic E-state index is 0.206. The van der Waals surface area contributed by atoms with Crippen molar-refractivity contribution in [3.8, 4) is 5.75 Å². The van der Waals surface area contributed by atoms with E-state index < -0.39 is 12.5 Å². The Morgan fingerprint density at radius 1 is 1.08 bits per heavy atom. The second kappa shape index (κ2) is 20.4. The number of methoxy groups -OCH3 is 1. The Morgan fingerprint density at radius 3 is 2.11 bits per heavy atom. The number of hydrazine groups is 1. The van der Waals surface area contributed by atoms with Crippen molar-refractivity contribution in [2.45, 2.75) is 65.8 Å². The zero-order chi connectivity index (χ0) is 28.9. The van der Waals surface area contributed by atoms with Crippen LogP contribution in [0.5, 0.6) is 5.75 Å². The van der Waals surface area contributed by atoms with E-state index in [0.29, 0.717) is 17.8 Å². The van der Waals surface area contributed by atoms with Crippen molar-refractivity contribution in [3.05, 3.63) is 58.9 Å². The lowest BCUT2D eigenvalue weighted by Crippen LogP contribution is -2.27. The molecule has 3 rings (SSSR count). The van der Waals surface area contributed by atoms with Gasteiger partial charge in [-0.1, -0.05) is 64.5 Å². The Kier molecular flexibility index (Phi) is 18.4. The van der Waals surface area contributed by atoms with Gasteiger partial charge in [0.1, 0.15) is 18.1 Å². The fourth-order valence-electron chi connectivity index (χ4n) is 3.28. The second-order valence-corrected chi connectivity index (χ2v) is 8.22. The van der Waals surface area contributed by atoms with E-state index in [4.69, 9.17) is 21.4 Å². The van der Waals surface area contributed by atoms with Gasteiger partial charge >= 0.3 is 0 Å². The smallest absolute Gasteiger partial charge is 0.270 e. The number of amides is 2.